The molecule has 0 aromatic heterocycles. The predicted molar refractivity (Wildman–Crippen MR) is 56.8 cm³/mol. The third-order valence-electron chi connectivity index (χ3n) is 2.45. The summed E-state index contributed by atoms with van der Waals surface area (Å²) in [4.78, 5) is 13.5. The molecule has 0 radical (unpaired) electrons. The Morgan fingerprint density at radius 1 is 1.38 bits per heavy atom. The van der Waals surface area contributed by atoms with Crippen molar-refractivity contribution in [3.8, 4) is 0 Å². The number of hydrogen-bond acceptors (Lipinski definition) is 2. The zero-order valence-electron chi connectivity index (χ0n) is 9.37. The van der Waals surface area contributed by atoms with Crippen LogP contribution in [-0.4, -0.2) is 30.8 Å². The van der Waals surface area contributed by atoms with Crippen LogP contribution in [0.1, 0.15) is 27.2 Å². The summed E-state index contributed by atoms with van der Waals surface area (Å²) in [5, 5.41) is 0. The zero-order valence-corrected chi connectivity index (χ0v) is 9.37. The normalized spacial score (nSPS) is 16.5. The maximum absolute atomic E-state index is 11.4. The smallest absolute Gasteiger partial charge is 0.158 e. The van der Waals surface area contributed by atoms with Gasteiger partial charge in [-0.15, -0.1) is 0 Å². The molecular weight excluding hydrogens is 162 g/mol. The molecule has 2 unspecified atom stereocenters. The van der Waals surface area contributed by atoms with Crippen LogP contribution in [0.15, 0.2) is 12.2 Å². The van der Waals surface area contributed by atoms with Crippen LogP contribution in [0.5, 0.6) is 0 Å². The lowest BCUT2D eigenvalue weighted by atomic mass is 10.0. The van der Waals surface area contributed by atoms with Crippen LogP contribution >= 0.6 is 0 Å². The molecule has 0 bridgehead atoms. The van der Waals surface area contributed by atoms with Gasteiger partial charge in [0.15, 0.2) is 5.78 Å². The molecule has 2 nitrogen and oxygen atoms in total. The van der Waals surface area contributed by atoms with E-state index in [2.05, 4.69) is 11.8 Å². The van der Waals surface area contributed by atoms with Crippen molar-refractivity contribution in [2.24, 2.45) is 5.92 Å². The van der Waals surface area contributed by atoms with Crippen molar-refractivity contribution in [2.75, 3.05) is 14.1 Å². The standard InChI is InChI=1S/C11H21NO/c1-6-9(2)11(13)8-7-10(3)12(4)5/h7-10H,6H2,1-5H3/b8-7+. The number of nitrogens with zero attached hydrogens (tertiary/aromatic N) is 1. The first-order chi connectivity index (χ1) is 5.99. The minimum atomic E-state index is 0.158. The van der Waals surface area contributed by atoms with Gasteiger partial charge in [0, 0.05) is 12.0 Å². The predicted octanol–water partition coefficient (Wildman–Crippen LogP) is 2.11. The maximum Gasteiger partial charge on any atom is 0.158 e. The van der Waals surface area contributed by atoms with Gasteiger partial charge in [-0.05, 0) is 33.5 Å². The Morgan fingerprint density at radius 2 is 1.92 bits per heavy atom. The largest absolute Gasteiger partial charge is 0.303 e. The van der Waals surface area contributed by atoms with Crippen molar-refractivity contribution in [3.63, 3.8) is 0 Å². The minimum Gasteiger partial charge on any atom is -0.303 e. The van der Waals surface area contributed by atoms with Gasteiger partial charge in [0.1, 0.15) is 0 Å². The van der Waals surface area contributed by atoms with Gasteiger partial charge < -0.3 is 4.90 Å². The van der Waals surface area contributed by atoms with Crippen LogP contribution in [0.2, 0.25) is 0 Å². The summed E-state index contributed by atoms with van der Waals surface area (Å²) in [5.41, 5.74) is 0. The van der Waals surface area contributed by atoms with Gasteiger partial charge in [-0.2, -0.15) is 0 Å². The Bertz CT molecular complexity index is 185. The van der Waals surface area contributed by atoms with E-state index in [4.69, 9.17) is 0 Å². The van der Waals surface area contributed by atoms with Crippen LogP contribution in [0.4, 0.5) is 0 Å². The second-order valence-corrected chi connectivity index (χ2v) is 3.77. The Kier molecular flexibility index (Phi) is 5.63. The number of allylic oxidation sites excluding steroid dienone is 1. The van der Waals surface area contributed by atoms with E-state index in [0.717, 1.165) is 6.42 Å². The van der Waals surface area contributed by atoms with Gasteiger partial charge in [-0.1, -0.05) is 19.9 Å². The molecule has 0 saturated carbocycles. The Balaban J connectivity index is 4.04. The number of carbonyl (C=O) groups is 1. The molecule has 0 aliphatic rings. The van der Waals surface area contributed by atoms with Crippen molar-refractivity contribution in [2.45, 2.75) is 33.2 Å². The van der Waals surface area contributed by atoms with E-state index in [1.165, 1.54) is 0 Å². The molecule has 2 heteroatoms. The van der Waals surface area contributed by atoms with E-state index < -0.39 is 0 Å². The molecule has 0 amide bonds. The van der Waals surface area contributed by atoms with Gasteiger partial charge in [-0.25, -0.2) is 0 Å². The lowest BCUT2D eigenvalue weighted by Gasteiger charge is -2.15. The fourth-order valence-electron chi connectivity index (χ4n) is 0.772. The Hall–Kier alpha value is -0.630. The molecule has 0 saturated heterocycles. The average molecular weight is 183 g/mol. The van der Waals surface area contributed by atoms with E-state index in [1.54, 1.807) is 6.08 Å². The first kappa shape index (κ1) is 12.4. The van der Waals surface area contributed by atoms with Crippen molar-refractivity contribution in [1.82, 2.24) is 4.90 Å². The highest BCUT2D eigenvalue weighted by atomic mass is 16.1. The molecule has 0 rings (SSSR count). The topological polar surface area (TPSA) is 20.3 Å². The summed E-state index contributed by atoms with van der Waals surface area (Å²) in [6, 6.07) is 0.327. The molecule has 2 atom stereocenters. The van der Waals surface area contributed by atoms with Crippen LogP contribution < -0.4 is 0 Å². The molecule has 0 spiro atoms. The van der Waals surface area contributed by atoms with E-state index >= 15 is 0 Å². The van der Waals surface area contributed by atoms with Crippen LogP contribution in [0.25, 0.3) is 0 Å². The van der Waals surface area contributed by atoms with Gasteiger partial charge in [0.25, 0.3) is 0 Å². The first-order valence-electron chi connectivity index (χ1n) is 4.87. The number of hydrogen-bond donors (Lipinski definition) is 0. The van der Waals surface area contributed by atoms with Crippen LogP contribution in [-0.2, 0) is 4.79 Å². The fourth-order valence-corrected chi connectivity index (χ4v) is 0.772. The molecule has 76 valence electrons. The number of rotatable bonds is 5. The highest BCUT2D eigenvalue weighted by Gasteiger charge is 2.07. The van der Waals surface area contributed by atoms with Gasteiger partial charge >= 0.3 is 0 Å². The number of carbonyl (C=O) groups excluding carboxylic acids is 1. The molecule has 0 fully saturated rings. The third-order valence-corrected chi connectivity index (χ3v) is 2.45. The first-order valence-corrected chi connectivity index (χ1v) is 4.87. The molecule has 0 N–H and O–H groups in total. The molecule has 0 aliphatic heterocycles. The molecule has 0 aromatic carbocycles. The third kappa shape index (κ3) is 4.83. The highest BCUT2D eigenvalue weighted by Crippen LogP contribution is 2.04. The lowest BCUT2D eigenvalue weighted by molar-refractivity contribution is -0.117. The van der Waals surface area contributed by atoms with Gasteiger partial charge in [0.05, 0.1) is 0 Å². The van der Waals surface area contributed by atoms with Crippen LogP contribution in [0, 0.1) is 5.92 Å². The van der Waals surface area contributed by atoms with E-state index in [1.807, 2.05) is 34.0 Å². The quantitative estimate of drug-likeness (QED) is 0.608. The van der Waals surface area contributed by atoms with Gasteiger partial charge in [-0.3, -0.25) is 4.79 Å². The Morgan fingerprint density at radius 3 is 2.31 bits per heavy atom. The Labute approximate surface area is 81.6 Å². The molecule has 13 heavy (non-hydrogen) atoms. The lowest BCUT2D eigenvalue weighted by Crippen LogP contribution is -2.22. The number of likely N-dealkylation sites (N-methyl/N-ethyl adjacent to an activating group) is 1. The van der Waals surface area contributed by atoms with E-state index in [9.17, 15) is 4.79 Å². The molecule has 0 aromatic rings. The highest BCUT2D eigenvalue weighted by molar-refractivity contribution is 5.91. The van der Waals surface area contributed by atoms with Crippen molar-refractivity contribution in [3.05, 3.63) is 12.2 Å². The van der Waals surface area contributed by atoms with Crippen molar-refractivity contribution < 1.29 is 4.79 Å². The number of ketones is 1. The zero-order chi connectivity index (χ0) is 10.4. The molecular formula is C11H21NO. The minimum absolute atomic E-state index is 0.158. The van der Waals surface area contributed by atoms with Crippen LogP contribution in [0.3, 0.4) is 0 Å². The summed E-state index contributed by atoms with van der Waals surface area (Å²) in [6.45, 7) is 6.07. The monoisotopic (exact) mass is 183 g/mol. The summed E-state index contributed by atoms with van der Waals surface area (Å²) >= 11 is 0. The van der Waals surface area contributed by atoms with Gasteiger partial charge in [0.2, 0.25) is 0 Å². The van der Waals surface area contributed by atoms with Crippen molar-refractivity contribution in [1.29, 1.82) is 0 Å². The van der Waals surface area contributed by atoms with E-state index in [-0.39, 0.29) is 11.7 Å². The summed E-state index contributed by atoms with van der Waals surface area (Å²) in [5.74, 6) is 0.391. The summed E-state index contributed by atoms with van der Waals surface area (Å²) in [7, 11) is 4.01. The molecule has 0 aliphatic carbocycles. The second kappa shape index (κ2) is 5.92. The maximum atomic E-state index is 11.4. The van der Waals surface area contributed by atoms with E-state index in [0.29, 0.717) is 6.04 Å². The second-order valence-electron chi connectivity index (χ2n) is 3.77. The molecule has 0 heterocycles. The SMILES string of the molecule is CCC(C)C(=O)/C=C/C(C)N(C)C. The average Bonchev–Trinajstić information content (AvgIpc) is 2.11. The van der Waals surface area contributed by atoms with Crippen molar-refractivity contribution >= 4 is 5.78 Å². The summed E-state index contributed by atoms with van der Waals surface area (Å²) < 4.78 is 0. The fraction of sp³-hybridized carbons (Fsp3) is 0.727. The summed E-state index contributed by atoms with van der Waals surface area (Å²) in [6.07, 6.45) is 4.58.